The van der Waals surface area contributed by atoms with Gasteiger partial charge in [0.05, 0.1) is 10.5 Å². The van der Waals surface area contributed by atoms with Crippen molar-refractivity contribution in [3.8, 4) is 0 Å². The molecule has 0 atom stereocenters. The van der Waals surface area contributed by atoms with Crippen molar-refractivity contribution in [1.29, 1.82) is 0 Å². The Labute approximate surface area is 85.5 Å². The van der Waals surface area contributed by atoms with Crippen molar-refractivity contribution in [3.63, 3.8) is 0 Å². The van der Waals surface area contributed by atoms with Gasteiger partial charge < -0.3 is 5.73 Å². The van der Waals surface area contributed by atoms with Crippen LogP contribution in [-0.4, -0.2) is 10.9 Å². The zero-order valence-electron chi connectivity index (χ0n) is 7.20. The predicted molar refractivity (Wildman–Crippen MR) is 55.3 cm³/mol. The molecule has 0 aliphatic heterocycles. The SMILES string of the molecule is NC(=O)c1cc(Cl)c2ncccc2c1. The first-order valence-electron chi connectivity index (χ1n) is 4.02. The van der Waals surface area contributed by atoms with Gasteiger partial charge in [0.1, 0.15) is 0 Å². The molecule has 0 saturated heterocycles. The molecule has 3 nitrogen and oxygen atoms in total. The van der Waals surface area contributed by atoms with Crippen LogP contribution in [0.25, 0.3) is 10.9 Å². The number of rotatable bonds is 1. The van der Waals surface area contributed by atoms with Crippen LogP contribution in [0.3, 0.4) is 0 Å². The summed E-state index contributed by atoms with van der Waals surface area (Å²) >= 11 is 5.94. The first kappa shape index (κ1) is 8.97. The molecule has 0 fully saturated rings. The second-order valence-corrected chi connectivity index (χ2v) is 3.30. The number of fused-ring (bicyclic) bond motifs is 1. The monoisotopic (exact) mass is 206 g/mol. The van der Waals surface area contributed by atoms with Crippen LogP contribution in [0.1, 0.15) is 10.4 Å². The summed E-state index contributed by atoms with van der Waals surface area (Å²) in [4.78, 5) is 15.0. The molecule has 0 spiro atoms. The lowest BCUT2D eigenvalue weighted by atomic mass is 10.1. The van der Waals surface area contributed by atoms with E-state index in [9.17, 15) is 4.79 Å². The fourth-order valence-electron chi connectivity index (χ4n) is 1.29. The number of hydrogen-bond donors (Lipinski definition) is 1. The van der Waals surface area contributed by atoms with Gasteiger partial charge in [-0.2, -0.15) is 0 Å². The van der Waals surface area contributed by atoms with Crippen LogP contribution in [0.2, 0.25) is 5.02 Å². The van der Waals surface area contributed by atoms with E-state index < -0.39 is 5.91 Å². The number of benzene rings is 1. The van der Waals surface area contributed by atoms with E-state index >= 15 is 0 Å². The summed E-state index contributed by atoms with van der Waals surface area (Å²) in [5.41, 5.74) is 6.23. The second-order valence-electron chi connectivity index (χ2n) is 2.90. The smallest absolute Gasteiger partial charge is 0.248 e. The number of halogens is 1. The molecule has 1 aromatic heterocycles. The molecule has 4 heteroatoms. The highest BCUT2D eigenvalue weighted by Gasteiger charge is 2.06. The van der Waals surface area contributed by atoms with Crippen molar-refractivity contribution in [2.75, 3.05) is 0 Å². The van der Waals surface area contributed by atoms with Crippen molar-refractivity contribution in [2.24, 2.45) is 5.73 Å². The third-order valence-corrected chi connectivity index (χ3v) is 2.23. The average molecular weight is 207 g/mol. The number of carbonyl (C=O) groups is 1. The Morgan fingerprint density at radius 1 is 1.43 bits per heavy atom. The lowest BCUT2D eigenvalue weighted by Crippen LogP contribution is -2.10. The van der Waals surface area contributed by atoms with Gasteiger partial charge in [-0.25, -0.2) is 0 Å². The van der Waals surface area contributed by atoms with Gasteiger partial charge in [0.15, 0.2) is 0 Å². The van der Waals surface area contributed by atoms with E-state index in [1.54, 1.807) is 18.3 Å². The Morgan fingerprint density at radius 3 is 2.93 bits per heavy atom. The first-order valence-corrected chi connectivity index (χ1v) is 4.40. The zero-order chi connectivity index (χ0) is 10.1. The van der Waals surface area contributed by atoms with Crippen molar-refractivity contribution in [2.45, 2.75) is 0 Å². The van der Waals surface area contributed by atoms with E-state index in [0.29, 0.717) is 16.1 Å². The molecule has 2 N–H and O–H groups in total. The number of hydrogen-bond acceptors (Lipinski definition) is 2. The maximum atomic E-state index is 10.9. The molecule has 0 bridgehead atoms. The third-order valence-electron chi connectivity index (χ3n) is 1.94. The zero-order valence-corrected chi connectivity index (χ0v) is 7.95. The molecule has 0 saturated carbocycles. The summed E-state index contributed by atoms with van der Waals surface area (Å²) in [6, 6.07) is 6.82. The highest BCUT2D eigenvalue weighted by Crippen LogP contribution is 2.22. The van der Waals surface area contributed by atoms with Crippen LogP contribution >= 0.6 is 11.6 Å². The molecule has 1 heterocycles. The summed E-state index contributed by atoms with van der Waals surface area (Å²) in [6.45, 7) is 0. The van der Waals surface area contributed by atoms with Gasteiger partial charge in [-0.1, -0.05) is 17.7 Å². The predicted octanol–water partition coefficient (Wildman–Crippen LogP) is 1.99. The summed E-state index contributed by atoms with van der Waals surface area (Å²) in [5, 5.41) is 1.26. The number of primary amides is 1. The number of amides is 1. The lowest BCUT2D eigenvalue weighted by molar-refractivity contribution is 0.100. The van der Waals surface area contributed by atoms with Gasteiger partial charge in [0.25, 0.3) is 0 Å². The van der Waals surface area contributed by atoms with Crippen molar-refractivity contribution in [3.05, 3.63) is 41.0 Å². The van der Waals surface area contributed by atoms with Crippen LogP contribution in [0.5, 0.6) is 0 Å². The number of aromatic nitrogens is 1. The molecular weight excluding hydrogens is 200 g/mol. The molecule has 0 aliphatic rings. The first-order chi connectivity index (χ1) is 6.68. The highest BCUT2D eigenvalue weighted by molar-refractivity contribution is 6.35. The minimum Gasteiger partial charge on any atom is -0.366 e. The van der Waals surface area contributed by atoms with Gasteiger partial charge in [0, 0.05) is 17.1 Å². The van der Waals surface area contributed by atoms with E-state index in [4.69, 9.17) is 17.3 Å². The Hall–Kier alpha value is -1.61. The fraction of sp³-hybridized carbons (Fsp3) is 0. The maximum absolute atomic E-state index is 10.9. The summed E-state index contributed by atoms with van der Waals surface area (Å²) in [5.74, 6) is -0.488. The number of carbonyl (C=O) groups excluding carboxylic acids is 1. The van der Waals surface area contributed by atoms with Crippen molar-refractivity contribution >= 4 is 28.4 Å². The average Bonchev–Trinajstić information content (AvgIpc) is 2.17. The van der Waals surface area contributed by atoms with Crippen LogP contribution in [-0.2, 0) is 0 Å². The Bertz CT molecular complexity index is 510. The second kappa shape index (κ2) is 3.27. The number of pyridine rings is 1. The van der Waals surface area contributed by atoms with Crippen LogP contribution < -0.4 is 5.73 Å². The standard InChI is InChI=1S/C10H7ClN2O/c11-8-5-7(10(12)14)4-6-2-1-3-13-9(6)8/h1-5H,(H2,12,14). The highest BCUT2D eigenvalue weighted by atomic mass is 35.5. The van der Waals surface area contributed by atoms with Crippen LogP contribution in [0.4, 0.5) is 0 Å². The van der Waals surface area contributed by atoms with Crippen LogP contribution in [0, 0.1) is 0 Å². The largest absolute Gasteiger partial charge is 0.366 e. The van der Waals surface area contributed by atoms with E-state index in [1.165, 1.54) is 6.07 Å². The molecule has 0 aliphatic carbocycles. The molecule has 2 aromatic rings. The van der Waals surface area contributed by atoms with E-state index in [-0.39, 0.29) is 0 Å². The molecule has 1 amide bonds. The Morgan fingerprint density at radius 2 is 2.21 bits per heavy atom. The van der Waals surface area contributed by atoms with Gasteiger partial charge >= 0.3 is 0 Å². The summed E-state index contributed by atoms with van der Waals surface area (Å²) in [6.07, 6.45) is 1.65. The van der Waals surface area contributed by atoms with Crippen molar-refractivity contribution in [1.82, 2.24) is 4.98 Å². The molecule has 0 unspecified atom stereocenters. The molecule has 1 aromatic carbocycles. The molecular formula is C10H7ClN2O. The van der Waals surface area contributed by atoms with Gasteiger partial charge in [-0.15, -0.1) is 0 Å². The molecule has 2 rings (SSSR count). The molecule has 70 valence electrons. The topological polar surface area (TPSA) is 56.0 Å². The quantitative estimate of drug-likeness (QED) is 0.776. The van der Waals surface area contributed by atoms with E-state index in [1.807, 2.05) is 6.07 Å². The maximum Gasteiger partial charge on any atom is 0.248 e. The van der Waals surface area contributed by atoms with E-state index in [0.717, 1.165) is 5.39 Å². The van der Waals surface area contributed by atoms with Crippen LogP contribution in [0.15, 0.2) is 30.5 Å². The van der Waals surface area contributed by atoms with E-state index in [2.05, 4.69) is 4.98 Å². The normalized spacial score (nSPS) is 10.4. The molecule has 0 radical (unpaired) electrons. The van der Waals surface area contributed by atoms with Gasteiger partial charge in [0.2, 0.25) is 5.91 Å². The van der Waals surface area contributed by atoms with Crippen molar-refractivity contribution < 1.29 is 4.79 Å². The Balaban J connectivity index is 2.78. The fourth-order valence-corrected chi connectivity index (χ4v) is 1.57. The summed E-state index contributed by atoms with van der Waals surface area (Å²) < 4.78 is 0. The number of nitrogens with two attached hydrogens (primary N) is 1. The van der Waals surface area contributed by atoms with Gasteiger partial charge in [-0.3, -0.25) is 9.78 Å². The Kier molecular flexibility index (Phi) is 2.09. The minimum absolute atomic E-state index is 0.399. The number of nitrogens with zero attached hydrogens (tertiary/aromatic N) is 1. The van der Waals surface area contributed by atoms with Gasteiger partial charge in [-0.05, 0) is 18.2 Å². The lowest BCUT2D eigenvalue weighted by Gasteiger charge is -2.01. The summed E-state index contributed by atoms with van der Waals surface area (Å²) in [7, 11) is 0. The third kappa shape index (κ3) is 1.42. The molecule has 14 heavy (non-hydrogen) atoms. The minimum atomic E-state index is -0.488.